The van der Waals surface area contributed by atoms with Crippen molar-refractivity contribution >= 4 is 23.2 Å². The summed E-state index contributed by atoms with van der Waals surface area (Å²) in [5, 5.41) is 5.22. The largest absolute Gasteiger partial charge is 0.328 e. The van der Waals surface area contributed by atoms with Crippen LogP contribution in [-0.4, -0.2) is 11.0 Å². The number of thiocarbonyl (C=S) groups is 1. The Bertz CT molecular complexity index is 157. The lowest BCUT2D eigenvalue weighted by atomic mass is 10.5. The van der Waals surface area contributed by atoms with Crippen molar-refractivity contribution in [2.75, 3.05) is 0 Å². The fraction of sp³-hybridized carbons (Fsp3) is 0. The Labute approximate surface area is 51.8 Å². The summed E-state index contributed by atoms with van der Waals surface area (Å²) in [4.78, 5) is 10.4. The van der Waals surface area contributed by atoms with E-state index in [0.29, 0.717) is 10.8 Å². The van der Waals surface area contributed by atoms with Crippen LogP contribution >= 0.6 is 12.2 Å². The molecule has 1 heterocycles. The molecular formula is C4H4N2OS. The average molecular weight is 128 g/mol. The standard InChI is InChI=1S/C4H4N2OS/c1-2-3(7)6-4(8)5-2/h1H2,(H2,5,6,7,8). The second-order valence-electron chi connectivity index (χ2n) is 1.39. The van der Waals surface area contributed by atoms with E-state index in [1.165, 1.54) is 0 Å². The molecule has 8 heavy (non-hydrogen) atoms. The van der Waals surface area contributed by atoms with E-state index in [1.807, 2.05) is 0 Å². The molecule has 42 valence electrons. The van der Waals surface area contributed by atoms with Gasteiger partial charge in [-0.15, -0.1) is 0 Å². The Kier molecular flexibility index (Phi) is 1.02. The molecule has 3 nitrogen and oxygen atoms in total. The van der Waals surface area contributed by atoms with Gasteiger partial charge in [0.15, 0.2) is 5.11 Å². The van der Waals surface area contributed by atoms with E-state index in [4.69, 9.17) is 0 Å². The number of rotatable bonds is 0. The van der Waals surface area contributed by atoms with Gasteiger partial charge in [0, 0.05) is 0 Å². The summed E-state index contributed by atoms with van der Waals surface area (Å²) < 4.78 is 0. The first-order valence-electron chi connectivity index (χ1n) is 2.01. The van der Waals surface area contributed by atoms with Gasteiger partial charge in [-0.05, 0) is 12.2 Å². The van der Waals surface area contributed by atoms with Gasteiger partial charge in [0.25, 0.3) is 5.91 Å². The van der Waals surface area contributed by atoms with Crippen LogP contribution in [0.2, 0.25) is 0 Å². The van der Waals surface area contributed by atoms with E-state index in [9.17, 15) is 4.79 Å². The summed E-state index contributed by atoms with van der Waals surface area (Å²) in [7, 11) is 0. The van der Waals surface area contributed by atoms with Crippen LogP contribution in [-0.2, 0) is 4.79 Å². The Morgan fingerprint density at radius 1 is 1.50 bits per heavy atom. The molecule has 1 rings (SSSR count). The molecule has 4 heteroatoms. The van der Waals surface area contributed by atoms with Gasteiger partial charge in [-0.25, -0.2) is 0 Å². The predicted octanol–water partition coefficient (Wildman–Crippen LogP) is -0.496. The summed E-state index contributed by atoms with van der Waals surface area (Å²) in [6.45, 7) is 3.37. The van der Waals surface area contributed by atoms with Gasteiger partial charge in [-0.1, -0.05) is 6.58 Å². The molecule has 0 bridgehead atoms. The van der Waals surface area contributed by atoms with E-state index in [1.54, 1.807) is 0 Å². The molecule has 1 aliphatic heterocycles. The first kappa shape index (κ1) is 5.24. The zero-order valence-electron chi connectivity index (χ0n) is 4.02. The van der Waals surface area contributed by atoms with Gasteiger partial charge in [0.2, 0.25) is 0 Å². The minimum absolute atomic E-state index is 0.241. The first-order chi connectivity index (χ1) is 3.70. The lowest BCUT2D eigenvalue weighted by Gasteiger charge is -1.84. The third-order valence-electron chi connectivity index (χ3n) is 0.766. The Morgan fingerprint density at radius 3 is 2.25 bits per heavy atom. The van der Waals surface area contributed by atoms with E-state index >= 15 is 0 Å². The second-order valence-corrected chi connectivity index (χ2v) is 1.80. The molecule has 0 aromatic heterocycles. The Hall–Kier alpha value is -0.900. The Balaban J connectivity index is 2.79. The highest BCUT2D eigenvalue weighted by Gasteiger charge is 2.16. The summed E-state index contributed by atoms with van der Waals surface area (Å²) >= 11 is 4.57. The first-order valence-corrected chi connectivity index (χ1v) is 2.42. The second kappa shape index (κ2) is 1.56. The van der Waals surface area contributed by atoms with E-state index in [0.717, 1.165) is 0 Å². The van der Waals surface area contributed by atoms with Crippen molar-refractivity contribution in [3.8, 4) is 0 Å². The molecule has 0 radical (unpaired) electrons. The smallest absolute Gasteiger partial charge is 0.273 e. The van der Waals surface area contributed by atoms with Crippen LogP contribution in [0.5, 0.6) is 0 Å². The predicted molar refractivity (Wildman–Crippen MR) is 33.0 cm³/mol. The molecule has 1 aliphatic rings. The summed E-state index contributed by atoms with van der Waals surface area (Å²) in [6, 6.07) is 0. The van der Waals surface area contributed by atoms with Crippen LogP contribution in [0, 0.1) is 0 Å². The number of carbonyl (C=O) groups excluding carboxylic acids is 1. The molecule has 0 aromatic carbocycles. The number of hydrogen-bond acceptors (Lipinski definition) is 2. The van der Waals surface area contributed by atoms with Crippen molar-refractivity contribution in [3.63, 3.8) is 0 Å². The van der Waals surface area contributed by atoms with E-state index < -0.39 is 0 Å². The third-order valence-corrected chi connectivity index (χ3v) is 0.970. The lowest BCUT2D eigenvalue weighted by molar-refractivity contribution is -0.115. The normalized spacial score (nSPS) is 18.2. The molecule has 0 aromatic rings. The number of hydrogen-bond donors (Lipinski definition) is 2. The fourth-order valence-corrected chi connectivity index (χ4v) is 0.620. The molecule has 0 unspecified atom stereocenters. The number of nitrogens with one attached hydrogen (secondary N) is 2. The molecule has 1 saturated heterocycles. The topological polar surface area (TPSA) is 41.1 Å². The summed E-state index contributed by atoms with van der Waals surface area (Å²) in [5.74, 6) is -0.241. The molecule has 1 fully saturated rings. The van der Waals surface area contributed by atoms with Crippen LogP contribution in [0.25, 0.3) is 0 Å². The van der Waals surface area contributed by atoms with Crippen molar-refractivity contribution < 1.29 is 4.79 Å². The maximum absolute atomic E-state index is 10.4. The number of carbonyl (C=O) groups is 1. The van der Waals surface area contributed by atoms with Crippen molar-refractivity contribution in [1.29, 1.82) is 0 Å². The van der Waals surface area contributed by atoms with Crippen LogP contribution < -0.4 is 10.6 Å². The van der Waals surface area contributed by atoms with Crippen LogP contribution in [0.1, 0.15) is 0 Å². The third kappa shape index (κ3) is 0.696. The fourth-order valence-electron chi connectivity index (χ4n) is 0.404. The van der Waals surface area contributed by atoms with Crippen molar-refractivity contribution in [2.24, 2.45) is 0 Å². The maximum Gasteiger partial charge on any atom is 0.273 e. The molecule has 0 saturated carbocycles. The summed E-state index contributed by atoms with van der Waals surface area (Å²) in [6.07, 6.45) is 0. The molecule has 0 aliphatic carbocycles. The van der Waals surface area contributed by atoms with Crippen LogP contribution in [0.3, 0.4) is 0 Å². The van der Waals surface area contributed by atoms with E-state index in [2.05, 4.69) is 29.4 Å². The average Bonchev–Trinajstić information content (AvgIpc) is 1.85. The highest BCUT2D eigenvalue weighted by atomic mass is 32.1. The monoisotopic (exact) mass is 128 g/mol. The Morgan fingerprint density at radius 2 is 2.12 bits per heavy atom. The van der Waals surface area contributed by atoms with Gasteiger partial charge in [-0.2, -0.15) is 0 Å². The van der Waals surface area contributed by atoms with Gasteiger partial charge in [0.1, 0.15) is 0 Å². The molecule has 0 spiro atoms. The van der Waals surface area contributed by atoms with Crippen LogP contribution in [0.15, 0.2) is 12.3 Å². The van der Waals surface area contributed by atoms with E-state index in [-0.39, 0.29) is 5.91 Å². The molecule has 2 N–H and O–H groups in total. The number of amides is 1. The van der Waals surface area contributed by atoms with Gasteiger partial charge in [0.05, 0.1) is 5.70 Å². The zero-order chi connectivity index (χ0) is 6.15. The van der Waals surface area contributed by atoms with Crippen molar-refractivity contribution in [3.05, 3.63) is 12.3 Å². The van der Waals surface area contributed by atoms with Crippen LogP contribution in [0.4, 0.5) is 0 Å². The van der Waals surface area contributed by atoms with Gasteiger partial charge in [-0.3, -0.25) is 10.1 Å². The maximum atomic E-state index is 10.4. The summed E-state index contributed by atoms with van der Waals surface area (Å²) in [5.41, 5.74) is 0.315. The minimum atomic E-state index is -0.241. The highest BCUT2D eigenvalue weighted by Crippen LogP contribution is 1.90. The molecule has 1 amide bonds. The van der Waals surface area contributed by atoms with Gasteiger partial charge < -0.3 is 5.32 Å². The zero-order valence-corrected chi connectivity index (χ0v) is 4.84. The van der Waals surface area contributed by atoms with Crippen molar-refractivity contribution in [2.45, 2.75) is 0 Å². The molecular weight excluding hydrogens is 124 g/mol. The lowest BCUT2D eigenvalue weighted by Crippen LogP contribution is -2.21. The quantitative estimate of drug-likeness (QED) is 0.341. The SMILES string of the molecule is C=C1NC(=S)NC1=O. The molecule has 0 atom stereocenters. The van der Waals surface area contributed by atoms with Gasteiger partial charge >= 0.3 is 0 Å². The highest BCUT2D eigenvalue weighted by molar-refractivity contribution is 7.80. The minimum Gasteiger partial charge on any atom is -0.328 e. The van der Waals surface area contributed by atoms with Crippen molar-refractivity contribution in [1.82, 2.24) is 10.6 Å².